The van der Waals surface area contributed by atoms with Gasteiger partial charge in [0.15, 0.2) is 0 Å². The first-order valence-corrected chi connectivity index (χ1v) is 10.3. The number of hydrogen-bond donors (Lipinski definition) is 1. The summed E-state index contributed by atoms with van der Waals surface area (Å²) in [4.78, 5) is 33.8. The van der Waals surface area contributed by atoms with Gasteiger partial charge in [0.2, 0.25) is 5.91 Å². The number of benzene rings is 1. The van der Waals surface area contributed by atoms with Crippen LogP contribution < -0.4 is 10.2 Å². The summed E-state index contributed by atoms with van der Waals surface area (Å²) < 4.78 is 0. The fourth-order valence-corrected chi connectivity index (χ4v) is 4.58. The molecule has 2 aliphatic heterocycles. The van der Waals surface area contributed by atoms with E-state index in [1.54, 1.807) is 35.0 Å². The van der Waals surface area contributed by atoms with Gasteiger partial charge in [0.05, 0.1) is 17.8 Å². The van der Waals surface area contributed by atoms with E-state index in [9.17, 15) is 9.59 Å². The quantitative estimate of drug-likeness (QED) is 0.881. The molecule has 0 spiro atoms. The van der Waals surface area contributed by atoms with Crippen LogP contribution in [-0.2, 0) is 4.79 Å². The lowest BCUT2D eigenvalue weighted by Crippen LogP contribution is -2.44. The van der Waals surface area contributed by atoms with Gasteiger partial charge in [0, 0.05) is 24.4 Å². The zero-order valence-corrected chi connectivity index (χ0v) is 15.8. The van der Waals surface area contributed by atoms with Crippen molar-refractivity contribution in [1.29, 1.82) is 0 Å². The second kappa shape index (κ2) is 8.00. The normalized spacial score (nSPS) is 19.3. The number of rotatable bonds is 4. The van der Waals surface area contributed by atoms with Gasteiger partial charge in [-0.1, -0.05) is 18.2 Å². The third-order valence-electron chi connectivity index (χ3n) is 4.91. The monoisotopic (exact) mass is 382 g/mol. The van der Waals surface area contributed by atoms with E-state index < -0.39 is 6.04 Å². The number of thioether (sulfide) groups is 1. The van der Waals surface area contributed by atoms with Crippen LogP contribution in [0.1, 0.15) is 23.2 Å². The van der Waals surface area contributed by atoms with Gasteiger partial charge in [-0.3, -0.25) is 9.59 Å². The van der Waals surface area contributed by atoms with Gasteiger partial charge in [-0.25, -0.2) is 4.98 Å². The average molecular weight is 382 g/mol. The van der Waals surface area contributed by atoms with Crippen LogP contribution in [0.5, 0.6) is 0 Å². The Morgan fingerprint density at radius 2 is 1.85 bits per heavy atom. The summed E-state index contributed by atoms with van der Waals surface area (Å²) in [6.07, 6.45) is 4.09. The fourth-order valence-electron chi connectivity index (χ4n) is 3.43. The number of carbonyl (C=O) groups is 2. The molecule has 1 aromatic carbocycles. The SMILES string of the molecule is O=C(Nc1ccc(N2CCCC2)nc1)C1CSCN1C(=O)c1ccccc1. The molecule has 0 radical (unpaired) electrons. The molecular weight excluding hydrogens is 360 g/mol. The van der Waals surface area contributed by atoms with Crippen LogP contribution in [0.2, 0.25) is 0 Å². The van der Waals surface area contributed by atoms with Crippen LogP contribution in [0, 0.1) is 0 Å². The maximum Gasteiger partial charge on any atom is 0.255 e. The molecule has 2 fully saturated rings. The molecule has 1 aromatic heterocycles. The van der Waals surface area contributed by atoms with Crippen molar-refractivity contribution >= 4 is 35.1 Å². The van der Waals surface area contributed by atoms with E-state index in [4.69, 9.17) is 0 Å². The molecule has 6 nitrogen and oxygen atoms in total. The highest BCUT2D eigenvalue weighted by Gasteiger charge is 2.35. The Morgan fingerprint density at radius 1 is 1.07 bits per heavy atom. The summed E-state index contributed by atoms with van der Waals surface area (Å²) in [5.74, 6) is 1.80. The van der Waals surface area contributed by atoms with Crippen molar-refractivity contribution in [3.05, 3.63) is 54.2 Å². The van der Waals surface area contributed by atoms with Crippen LogP contribution >= 0.6 is 11.8 Å². The van der Waals surface area contributed by atoms with Crippen LogP contribution in [0.3, 0.4) is 0 Å². The van der Waals surface area contributed by atoms with Crippen LogP contribution in [0.25, 0.3) is 0 Å². The minimum absolute atomic E-state index is 0.108. The lowest BCUT2D eigenvalue weighted by Gasteiger charge is -2.23. The van der Waals surface area contributed by atoms with Crippen LogP contribution in [0.15, 0.2) is 48.7 Å². The van der Waals surface area contributed by atoms with Crippen molar-refractivity contribution in [2.24, 2.45) is 0 Å². The molecule has 0 aliphatic carbocycles. The minimum atomic E-state index is -0.471. The first-order valence-electron chi connectivity index (χ1n) is 9.18. The first kappa shape index (κ1) is 17.9. The highest BCUT2D eigenvalue weighted by Crippen LogP contribution is 2.25. The number of nitrogens with one attached hydrogen (secondary N) is 1. The molecule has 0 saturated carbocycles. The maximum atomic E-state index is 12.7. The Bertz CT molecular complexity index is 806. The minimum Gasteiger partial charge on any atom is -0.357 e. The highest BCUT2D eigenvalue weighted by atomic mass is 32.2. The number of nitrogens with zero attached hydrogens (tertiary/aromatic N) is 3. The van der Waals surface area contributed by atoms with E-state index in [-0.39, 0.29) is 11.8 Å². The fraction of sp³-hybridized carbons (Fsp3) is 0.350. The van der Waals surface area contributed by atoms with Gasteiger partial charge in [0.25, 0.3) is 5.91 Å². The number of carbonyl (C=O) groups excluding carboxylic acids is 2. The molecule has 2 saturated heterocycles. The predicted molar refractivity (Wildman–Crippen MR) is 108 cm³/mol. The van der Waals surface area contributed by atoms with Crippen molar-refractivity contribution in [3.8, 4) is 0 Å². The smallest absolute Gasteiger partial charge is 0.255 e. The summed E-state index contributed by atoms with van der Waals surface area (Å²) in [5, 5.41) is 2.91. The lowest BCUT2D eigenvalue weighted by molar-refractivity contribution is -0.119. The van der Waals surface area contributed by atoms with Gasteiger partial charge in [0.1, 0.15) is 11.9 Å². The summed E-state index contributed by atoms with van der Waals surface area (Å²) in [6.45, 7) is 2.07. The number of aromatic nitrogens is 1. The summed E-state index contributed by atoms with van der Waals surface area (Å²) in [7, 11) is 0. The summed E-state index contributed by atoms with van der Waals surface area (Å²) in [5.41, 5.74) is 1.27. The summed E-state index contributed by atoms with van der Waals surface area (Å²) in [6, 6.07) is 12.4. The second-order valence-corrected chi connectivity index (χ2v) is 7.74. The van der Waals surface area contributed by atoms with E-state index in [0.717, 1.165) is 18.9 Å². The molecule has 0 bridgehead atoms. The molecule has 7 heteroatoms. The Balaban J connectivity index is 1.42. The van der Waals surface area contributed by atoms with Gasteiger partial charge in [-0.2, -0.15) is 0 Å². The zero-order chi connectivity index (χ0) is 18.6. The first-order chi connectivity index (χ1) is 13.2. The Kier molecular flexibility index (Phi) is 5.29. The summed E-state index contributed by atoms with van der Waals surface area (Å²) >= 11 is 1.59. The molecule has 1 unspecified atom stereocenters. The molecule has 2 aliphatic rings. The lowest BCUT2D eigenvalue weighted by atomic mass is 10.1. The molecule has 140 valence electrons. The van der Waals surface area contributed by atoms with Crippen molar-refractivity contribution in [2.45, 2.75) is 18.9 Å². The molecular formula is C20H22N4O2S. The third-order valence-corrected chi connectivity index (χ3v) is 5.92. The van der Waals surface area contributed by atoms with E-state index in [2.05, 4.69) is 15.2 Å². The Hall–Kier alpha value is -2.54. The van der Waals surface area contributed by atoms with Gasteiger partial charge in [-0.05, 0) is 37.1 Å². The molecule has 27 heavy (non-hydrogen) atoms. The molecule has 1 N–H and O–H groups in total. The highest BCUT2D eigenvalue weighted by molar-refractivity contribution is 7.99. The largest absolute Gasteiger partial charge is 0.357 e. The molecule has 4 rings (SSSR count). The second-order valence-electron chi connectivity index (χ2n) is 6.75. The number of anilines is 2. The van der Waals surface area contributed by atoms with Gasteiger partial charge >= 0.3 is 0 Å². The maximum absolute atomic E-state index is 12.7. The third kappa shape index (κ3) is 3.93. The van der Waals surface area contributed by atoms with Gasteiger partial charge < -0.3 is 15.1 Å². The predicted octanol–water partition coefficient (Wildman–Crippen LogP) is 2.84. The van der Waals surface area contributed by atoms with E-state index in [1.165, 1.54) is 12.8 Å². The number of pyridine rings is 1. The Morgan fingerprint density at radius 3 is 2.56 bits per heavy atom. The van der Waals surface area contributed by atoms with Gasteiger partial charge in [-0.15, -0.1) is 11.8 Å². The van der Waals surface area contributed by atoms with E-state index in [1.807, 2.05) is 30.3 Å². The molecule has 2 amide bonds. The van der Waals surface area contributed by atoms with Crippen molar-refractivity contribution in [1.82, 2.24) is 9.88 Å². The average Bonchev–Trinajstić information content (AvgIpc) is 3.41. The molecule has 2 aromatic rings. The van der Waals surface area contributed by atoms with Crippen molar-refractivity contribution < 1.29 is 9.59 Å². The van der Waals surface area contributed by atoms with E-state index >= 15 is 0 Å². The van der Waals surface area contributed by atoms with Crippen LogP contribution in [0.4, 0.5) is 11.5 Å². The number of amides is 2. The Labute approximate surface area is 162 Å². The zero-order valence-electron chi connectivity index (χ0n) is 15.0. The van der Waals surface area contributed by atoms with Crippen LogP contribution in [-0.4, -0.2) is 52.5 Å². The standard InChI is InChI=1S/C20H22N4O2S/c25-19(22-16-8-9-18(21-12-16)23-10-4-5-11-23)17-13-27-14-24(17)20(26)15-6-2-1-3-7-15/h1-3,6-9,12,17H,4-5,10-11,13-14H2,(H,22,25). The van der Waals surface area contributed by atoms with Crippen molar-refractivity contribution in [3.63, 3.8) is 0 Å². The molecule has 3 heterocycles. The molecule has 1 atom stereocenters. The number of hydrogen-bond acceptors (Lipinski definition) is 5. The van der Waals surface area contributed by atoms with Crippen molar-refractivity contribution in [2.75, 3.05) is 34.9 Å². The topological polar surface area (TPSA) is 65.5 Å². The van der Waals surface area contributed by atoms with E-state index in [0.29, 0.717) is 22.9 Å².